The topological polar surface area (TPSA) is 20.2 Å². The van der Waals surface area contributed by atoms with Crippen LogP contribution in [0.1, 0.15) is 36.5 Å². The van der Waals surface area contributed by atoms with Gasteiger partial charge in [-0.25, -0.2) is 0 Å². The third-order valence-electron chi connectivity index (χ3n) is 3.01. The minimum atomic E-state index is -0.798. The van der Waals surface area contributed by atoms with Gasteiger partial charge in [0.25, 0.3) is 0 Å². The first kappa shape index (κ1) is 9.47. The van der Waals surface area contributed by atoms with E-state index in [1.165, 1.54) is 11.1 Å². The van der Waals surface area contributed by atoms with Crippen LogP contribution in [0.15, 0.2) is 30.4 Å². The van der Waals surface area contributed by atoms with Gasteiger partial charge < -0.3 is 5.11 Å². The Labute approximate surface area is 85.1 Å². The number of aryl methyl sites for hydroxylation is 1. The number of rotatable bonds is 0. The monoisotopic (exact) mass is 188 g/mol. The second-order valence-electron chi connectivity index (χ2n) is 4.33. The van der Waals surface area contributed by atoms with Crippen LogP contribution in [-0.4, -0.2) is 5.11 Å². The van der Waals surface area contributed by atoms with E-state index in [2.05, 4.69) is 38.1 Å². The smallest absolute Gasteiger partial charge is 0.105 e. The molecule has 1 aromatic rings. The minimum Gasteiger partial charge on any atom is -0.381 e. The molecule has 1 N–H and O–H groups in total. The van der Waals surface area contributed by atoms with Crippen LogP contribution in [0.5, 0.6) is 0 Å². The molecule has 0 bridgehead atoms. The lowest BCUT2D eigenvalue weighted by Crippen LogP contribution is -2.25. The SMILES string of the molecule is Cc1cccc2c1[C@](C)(O)C=CC2C. The van der Waals surface area contributed by atoms with Crippen LogP contribution < -0.4 is 0 Å². The maximum absolute atomic E-state index is 10.2. The van der Waals surface area contributed by atoms with Crippen LogP contribution in [0, 0.1) is 6.92 Å². The maximum atomic E-state index is 10.2. The Morgan fingerprint density at radius 3 is 2.71 bits per heavy atom. The van der Waals surface area contributed by atoms with Crippen molar-refractivity contribution in [1.82, 2.24) is 0 Å². The third-order valence-corrected chi connectivity index (χ3v) is 3.01. The van der Waals surface area contributed by atoms with Crippen LogP contribution >= 0.6 is 0 Å². The van der Waals surface area contributed by atoms with Crippen LogP contribution in [0.2, 0.25) is 0 Å². The zero-order chi connectivity index (χ0) is 10.3. The Hall–Kier alpha value is -1.08. The maximum Gasteiger partial charge on any atom is 0.105 e. The highest BCUT2D eigenvalue weighted by Gasteiger charge is 2.29. The van der Waals surface area contributed by atoms with Crippen molar-refractivity contribution in [3.63, 3.8) is 0 Å². The molecular weight excluding hydrogens is 172 g/mol. The lowest BCUT2D eigenvalue weighted by atomic mass is 9.78. The van der Waals surface area contributed by atoms with E-state index in [0.29, 0.717) is 5.92 Å². The molecule has 0 aliphatic heterocycles. The van der Waals surface area contributed by atoms with Crippen LogP contribution in [-0.2, 0) is 5.60 Å². The average molecular weight is 188 g/mol. The lowest BCUT2D eigenvalue weighted by Gasteiger charge is -2.31. The van der Waals surface area contributed by atoms with E-state index in [9.17, 15) is 5.11 Å². The Bertz CT molecular complexity index is 388. The molecule has 0 aromatic heterocycles. The van der Waals surface area contributed by atoms with Crippen molar-refractivity contribution in [3.8, 4) is 0 Å². The summed E-state index contributed by atoms with van der Waals surface area (Å²) < 4.78 is 0. The summed E-state index contributed by atoms with van der Waals surface area (Å²) in [4.78, 5) is 0. The molecule has 0 fully saturated rings. The third kappa shape index (κ3) is 1.28. The number of fused-ring (bicyclic) bond motifs is 1. The fourth-order valence-electron chi connectivity index (χ4n) is 2.28. The number of allylic oxidation sites excluding steroid dienone is 1. The molecule has 1 unspecified atom stereocenters. The van der Waals surface area contributed by atoms with Gasteiger partial charge in [0, 0.05) is 0 Å². The van der Waals surface area contributed by atoms with Crippen molar-refractivity contribution in [2.45, 2.75) is 32.3 Å². The fourth-order valence-corrected chi connectivity index (χ4v) is 2.28. The summed E-state index contributed by atoms with van der Waals surface area (Å²) in [5.41, 5.74) is 2.70. The number of aliphatic hydroxyl groups is 1. The van der Waals surface area contributed by atoms with E-state index in [-0.39, 0.29) is 0 Å². The van der Waals surface area contributed by atoms with Gasteiger partial charge in [-0.15, -0.1) is 0 Å². The molecule has 1 aliphatic carbocycles. The van der Waals surface area contributed by atoms with Gasteiger partial charge in [0.1, 0.15) is 5.60 Å². The predicted molar refractivity (Wildman–Crippen MR) is 58.3 cm³/mol. The first-order chi connectivity index (χ1) is 6.52. The van der Waals surface area contributed by atoms with Crippen LogP contribution in [0.3, 0.4) is 0 Å². The molecule has 0 spiro atoms. The second-order valence-corrected chi connectivity index (χ2v) is 4.33. The van der Waals surface area contributed by atoms with E-state index < -0.39 is 5.60 Å². The van der Waals surface area contributed by atoms with Crippen molar-refractivity contribution in [3.05, 3.63) is 47.0 Å². The summed E-state index contributed by atoms with van der Waals surface area (Å²) in [6.45, 7) is 6.06. The van der Waals surface area contributed by atoms with Gasteiger partial charge in [-0.05, 0) is 36.5 Å². The number of hydrogen-bond donors (Lipinski definition) is 1. The van der Waals surface area contributed by atoms with Gasteiger partial charge in [-0.3, -0.25) is 0 Å². The van der Waals surface area contributed by atoms with E-state index in [1.54, 1.807) is 0 Å². The van der Waals surface area contributed by atoms with Gasteiger partial charge in [0.05, 0.1) is 0 Å². The molecule has 1 nitrogen and oxygen atoms in total. The number of hydrogen-bond acceptors (Lipinski definition) is 1. The van der Waals surface area contributed by atoms with Gasteiger partial charge in [0.2, 0.25) is 0 Å². The highest BCUT2D eigenvalue weighted by atomic mass is 16.3. The Kier molecular flexibility index (Phi) is 2.00. The molecule has 1 aliphatic rings. The van der Waals surface area contributed by atoms with Crippen molar-refractivity contribution in [1.29, 1.82) is 0 Å². The van der Waals surface area contributed by atoms with Gasteiger partial charge in [-0.1, -0.05) is 37.3 Å². The Balaban J connectivity index is 2.70. The molecule has 1 aromatic carbocycles. The normalized spacial score (nSPS) is 30.1. The molecule has 1 heteroatoms. The molecule has 14 heavy (non-hydrogen) atoms. The average Bonchev–Trinajstić information content (AvgIpc) is 2.12. The zero-order valence-electron chi connectivity index (χ0n) is 8.91. The van der Waals surface area contributed by atoms with Gasteiger partial charge in [0.15, 0.2) is 0 Å². The summed E-state index contributed by atoms with van der Waals surface area (Å²) in [5, 5.41) is 10.2. The molecule has 2 rings (SSSR count). The van der Waals surface area contributed by atoms with E-state index in [1.807, 2.05) is 13.0 Å². The van der Waals surface area contributed by atoms with Gasteiger partial charge in [-0.2, -0.15) is 0 Å². The van der Waals surface area contributed by atoms with E-state index >= 15 is 0 Å². The summed E-state index contributed by atoms with van der Waals surface area (Å²) in [6, 6.07) is 6.21. The summed E-state index contributed by atoms with van der Waals surface area (Å²) in [6.07, 6.45) is 3.97. The summed E-state index contributed by atoms with van der Waals surface area (Å²) >= 11 is 0. The molecule has 0 saturated carbocycles. The lowest BCUT2D eigenvalue weighted by molar-refractivity contribution is 0.106. The summed E-state index contributed by atoms with van der Waals surface area (Å²) in [5.74, 6) is 0.408. The van der Waals surface area contributed by atoms with Crippen LogP contribution in [0.25, 0.3) is 0 Å². The quantitative estimate of drug-likeness (QED) is 0.621. The second kappa shape index (κ2) is 2.96. The summed E-state index contributed by atoms with van der Waals surface area (Å²) in [7, 11) is 0. The molecule has 0 amide bonds. The number of benzene rings is 1. The van der Waals surface area contributed by atoms with Crippen molar-refractivity contribution >= 4 is 0 Å². The molecular formula is C13H16O. The first-order valence-corrected chi connectivity index (χ1v) is 5.04. The molecule has 0 saturated heterocycles. The largest absolute Gasteiger partial charge is 0.381 e. The van der Waals surface area contributed by atoms with Crippen LogP contribution in [0.4, 0.5) is 0 Å². The minimum absolute atomic E-state index is 0.408. The van der Waals surface area contributed by atoms with Crippen molar-refractivity contribution in [2.75, 3.05) is 0 Å². The Morgan fingerprint density at radius 1 is 1.36 bits per heavy atom. The molecule has 2 atom stereocenters. The Morgan fingerprint density at radius 2 is 2.07 bits per heavy atom. The van der Waals surface area contributed by atoms with E-state index in [0.717, 1.165) is 5.56 Å². The highest BCUT2D eigenvalue weighted by molar-refractivity contribution is 5.47. The van der Waals surface area contributed by atoms with Crippen molar-refractivity contribution < 1.29 is 5.11 Å². The molecule has 74 valence electrons. The zero-order valence-corrected chi connectivity index (χ0v) is 8.91. The standard InChI is InChI=1S/C13H16O/c1-9-7-8-13(3,14)12-10(2)5-4-6-11(9)12/h4-9,14H,1-3H3/t9?,13-/m1/s1. The fraction of sp³-hybridized carbons (Fsp3) is 0.385. The first-order valence-electron chi connectivity index (χ1n) is 5.04. The molecule has 0 heterocycles. The van der Waals surface area contributed by atoms with E-state index in [4.69, 9.17) is 0 Å². The van der Waals surface area contributed by atoms with Gasteiger partial charge >= 0.3 is 0 Å². The van der Waals surface area contributed by atoms with Crippen molar-refractivity contribution in [2.24, 2.45) is 0 Å². The highest BCUT2D eigenvalue weighted by Crippen LogP contribution is 2.37. The molecule has 0 radical (unpaired) electrons. The predicted octanol–water partition coefficient (Wildman–Crippen LogP) is 2.88.